The van der Waals surface area contributed by atoms with Crippen LogP contribution in [0.4, 0.5) is 16.3 Å². The van der Waals surface area contributed by atoms with Crippen molar-refractivity contribution in [1.29, 1.82) is 0 Å². The molecule has 25 heavy (non-hydrogen) atoms. The van der Waals surface area contributed by atoms with E-state index in [4.69, 9.17) is 0 Å². The fourth-order valence-electron chi connectivity index (χ4n) is 2.76. The van der Waals surface area contributed by atoms with E-state index in [9.17, 15) is 4.79 Å². The van der Waals surface area contributed by atoms with Gasteiger partial charge in [-0.1, -0.05) is 0 Å². The first-order valence-corrected chi connectivity index (χ1v) is 8.27. The molecule has 1 aliphatic carbocycles. The van der Waals surface area contributed by atoms with Crippen molar-refractivity contribution < 1.29 is 4.79 Å². The molecule has 3 heterocycles. The van der Waals surface area contributed by atoms with Gasteiger partial charge in [0.05, 0.1) is 23.6 Å². The van der Waals surface area contributed by atoms with Crippen LogP contribution >= 0.6 is 0 Å². The van der Waals surface area contributed by atoms with Gasteiger partial charge < -0.3 is 5.32 Å². The molecule has 0 saturated heterocycles. The number of rotatable bonds is 5. The van der Waals surface area contributed by atoms with Crippen molar-refractivity contribution in [3.63, 3.8) is 0 Å². The number of amides is 2. The van der Waals surface area contributed by atoms with Crippen LogP contribution in [0.1, 0.15) is 25.8 Å². The molecule has 2 amide bonds. The number of aromatic amines is 1. The lowest BCUT2D eigenvalue weighted by Crippen LogP contribution is -2.19. The van der Waals surface area contributed by atoms with Crippen molar-refractivity contribution >= 4 is 17.5 Å². The molecule has 0 aliphatic heterocycles. The summed E-state index contributed by atoms with van der Waals surface area (Å²) in [5.41, 5.74) is 2.42. The number of hydrogen-bond donors (Lipinski definition) is 3. The first-order valence-electron chi connectivity index (χ1n) is 8.27. The van der Waals surface area contributed by atoms with E-state index in [1.54, 1.807) is 24.7 Å². The van der Waals surface area contributed by atoms with Crippen LogP contribution in [0.15, 0.2) is 43.0 Å². The van der Waals surface area contributed by atoms with Crippen molar-refractivity contribution in [1.82, 2.24) is 25.0 Å². The Morgan fingerprint density at radius 2 is 2.12 bits per heavy atom. The van der Waals surface area contributed by atoms with E-state index in [0.717, 1.165) is 11.3 Å². The second kappa shape index (κ2) is 6.39. The van der Waals surface area contributed by atoms with Crippen LogP contribution in [-0.4, -0.2) is 31.0 Å². The number of nitrogens with zero attached hydrogens (tertiary/aromatic N) is 4. The lowest BCUT2D eigenvalue weighted by atomic mass is 10.2. The molecule has 3 aromatic rings. The fourth-order valence-corrected chi connectivity index (χ4v) is 2.76. The normalized spacial score (nSPS) is 14.9. The maximum Gasteiger partial charge on any atom is 0.324 e. The summed E-state index contributed by atoms with van der Waals surface area (Å²) < 4.78 is 1.91. The van der Waals surface area contributed by atoms with Crippen LogP contribution in [0.3, 0.4) is 0 Å². The third-order valence-electron chi connectivity index (χ3n) is 4.39. The summed E-state index contributed by atoms with van der Waals surface area (Å²) in [6.45, 7) is 2.15. The molecule has 4 rings (SSSR count). The SMILES string of the molecule is CC(C1CC1)n1cc(NC(=O)Nc2cc(-c3ccncc3)[nH]n2)cn1. The largest absolute Gasteiger partial charge is 0.324 e. The van der Waals surface area contributed by atoms with Crippen LogP contribution in [0.2, 0.25) is 0 Å². The number of H-pyrrole nitrogens is 1. The molecule has 0 spiro atoms. The Morgan fingerprint density at radius 1 is 1.32 bits per heavy atom. The van der Waals surface area contributed by atoms with Gasteiger partial charge in [-0.3, -0.25) is 20.1 Å². The van der Waals surface area contributed by atoms with Crippen LogP contribution in [0.25, 0.3) is 11.3 Å². The lowest BCUT2D eigenvalue weighted by Gasteiger charge is -2.09. The molecule has 3 N–H and O–H groups in total. The van der Waals surface area contributed by atoms with Gasteiger partial charge >= 0.3 is 6.03 Å². The average Bonchev–Trinajstić information content (AvgIpc) is 3.20. The average molecular weight is 337 g/mol. The number of carbonyl (C=O) groups excluding carboxylic acids is 1. The minimum atomic E-state index is -0.355. The van der Waals surface area contributed by atoms with Crippen molar-refractivity contribution in [2.24, 2.45) is 5.92 Å². The Bertz CT molecular complexity index is 866. The number of aromatic nitrogens is 5. The smallest absolute Gasteiger partial charge is 0.305 e. The Hall–Kier alpha value is -3.16. The third kappa shape index (κ3) is 3.52. The van der Waals surface area contributed by atoms with Gasteiger partial charge in [0, 0.05) is 30.2 Å². The Morgan fingerprint density at radius 3 is 2.88 bits per heavy atom. The molecule has 0 aromatic carbocycles. The molecule has 0 radical (unpaired) electrons. The highest BCUT2D eigenvalue weighted by Gasteiger charge is 2.29. The van der Waals surface area contributed by atoms with Crippen molar-refractivity contribution in [2.45, 2.75) is 25.8 Å². The zero-order valence-electron chi connectivity index (χ0n) is 13.8. The summed E-state index contributed by atoms with van der Waals surface area (Å²) in [5, 5.41) is 16.8. The molecule has 1 unspecified atom stereocenters. The fraction of sp³-hybridized carbons (Fsp3) is 0.294. The predicted octanol–water partition coefficient (Wildman–Crippen LogP) is 3.28. The van der Waals surface area contributed by atoms with E-state index < -0.39 is 0 Å². The topological polar surface area (TPSA) is 101 Å². The van der Waals surface area contributed by atoms with Crippen LogP contribution in [0.5, 0.6) is 0 Å². The molecular formula is C17H19N7O. The quantitative estimate of drug-likeness (QED) is 0.665. The van der Waals surface area contributed by atoms with Crippen molar-refractivity contribution in [3.8, 4) is 11.3 Å². The first kappa shape index (κ1) is 15.4. The molecule has 1 atom stereocenters. The molecule has 128 valence electrons. The zero-order valence-corrected chi connectivity index (χ0v) is 13.8. The molecule has 0 bridgehead atoms. The summed E-state index contributed by atoms with van der Waals surface area (Å²) in [7, 11) is 0. The molecule has 1 fully saturated rings. The van der Waals surface area contributed by atoms with E-state index in [0.29, 0.717) is 23.5 Å². The lowest BCUT2D eigenvalue weighted by molar-refractivity contribution is 0.262. The first-order chi connectivity index (χ1) is 12.2. The van der Waals surface area contributed by atoms with Gasteiger partial charge in [-0.15, -0.1) is 0 Å². The standard InChI is InChI=1S/C17H19N7O/c1-11(12-2-3-12)24-10-14(9-19-24)20-17(25)21-16-8-15(22-23-16)13-4-6-18-7-5-13/h4-12H,2-3H2,1H3,(H3,20,21,22,23,25). The maximum absolute atomic E-state index is 12.1. The number of anilines is 2. The molecule has 3 aromatic heterocycles. The number of nitrogens with one attached hydrogen (secondary N) is 3. The van der Waals surface area contributed by atoms with Crippen molar-refractivity contribution in [2.75, 3.05) is 10.6 Å². The number of hydrogen-bond acceptors (Lipinski definition) is 4. The van der Waals surface area contributed by atoms with E-state index >= 15 is 0 Å². The summed E-state index contributed by atoms with van der Waals surface area (Å²) in [6, 6.07) is 5.52. The van der Waals surface area contributed by atoms with Crippen LogP contribution in [-0.2, 0) is 0 Å². The van der Waals surface area contributed by atoms with E-state index in [-0.39, 0.29) is 6.03 Å². The van der Waals surface area contributed by atoms with Crippen LogP contribution < -0.4 is 10.6 Å². The van der Waals surface area contributed by atoms with E-state index in [1.165, 1.54) is 12.8 Å². The minimum absolute atomic E-state index is 0.355. The molecule has 8 heteroatoms. The number of carbonyl (C=O) groups is 1. The molecule has 1 saturated carbocycles. The molecule has 1 aliphatic rings. The summed E-state index contributed by atoms with van der Waals surface area (Å²) >= 11 is 0. The Kier molecular flexibility index (Phi) is 3.93. The third-order valence-corrected chi connectivity index (χ3v) is 4.39. The molecular weight excluding hydrogens is 318 g/mol. The number of pyridine rings is 1. The van der Waals surface area contributed by atoms with Gasteiger partial charge in [0.15, 0.2) is 5.82 Å². The second-order valence-electron chi connectivity index (χ2n) is 6.27. The van der Waals surface area contributed by atoms with Crippen molar-refractivity contribution in [3.05, 3.63) is 43.0 Å². The van der Waals surface area contributed by atoms with Gasteiger partial charge in [-0.25, -0.2) is 4.79 Å². The molecule has 8 nitrogen and oxygen atoms in total. The monoisotopic (exact) mass is 337 g/mol. The van der Waals surface area contributed by atoms with Gasteiger partial charge in [0.25, 0.3) is 0 Å². The highest BCUT2D eigenvalue weighted by atomic mass is 16.2. The van der Waals surface area contributed by atoms with E-state index in [2.05, 4.69) is 37.8 Å². The second-order valence-corrected chi connectivity index (χ2v) is 6.27. The highest BCUT2D eigenvalue weighted by molar-refractivity contribution is 5.99. The number of urea groups is 1. The van der Waals surface area contributed by atoms with Crippen LogP contribution in [0, 0.1) is 5.92 Å². The van der Waals surface area contributed by atoms with Gasteiger partial charge in [-0.05, 0) is 37.8 Å². The summed E-state index contributed by atoms with van der Waals surface area (Å²) in [5.74, 6) is 1.15. The van der Waals surface area contributed by atoms with Gasteiger partial charge in [-0.2, -0.15) is 10.2 Å². The van der Waals surface area contributed by atoms with Gasteiger partial charge in [0.2, 0.25) is 0 Å². The summed E-state index contributed by atoms with van der Waals surface area (Å²) in [6.07, 6.45) is 9.43. The zero-order chi connectivity index (χ0) is 17.2. The van der Waals surface area contributed by atoms with Gasteiger partial charge in [0.1, 0.15) is 0 Å². The Labute approximate surface area is 144 Å². The predicted molar refractivity (Wildman–Crippen MR) is 94.1 cm³/mol. The minimum Gasteiger partial charge on any atom is -0.305 e. The maximum atomic E-state index is 12.1. The Balaban J connectivity index is 1.37. The van der Waals surface area contributed by atoms with E-state index in [1.807, 2.05) is 23.0 Å². The summed E-state index contributed by atoms with van der Waals surface area (Å²) in [4.78, 5) is 16.1. The highest BCUT2D eigenvalue weighted by Crippen LogP contribution is 2.39.